The first-order valence-electron chi connectivity index (χ1n) is 5.95. The first-order chi connectivity index (χ1) is 9.49. The molecule has 2 atom stereocenters. The van der Waals surface area contributed by atoms with Crippen LogP contribution in [0.3, 0.4) is 0 Å². The molecule has 0 bridgehead atoms. The summed E-state index contributed by atoms with van der Waals surface area (Å²) in [6, 6.07) is 6.60. The zero-order valence-corrected chi connectivity index (χ0v) is 13.0. The minimum atomic E-state index is -0.376. The number of benzene rings is 1. The summed E-state index contributed by atoms with van der Waals surface area (Å²) in [6.07, 6.45) is 3.02. The van der Waals surface area contributed by atoms with Crippen molar-refractivity contribution >= 4 is 34.8 Å². The van der Waals surface area contributed by atoms with Crippen LogP contribution in [0.5, 0.6) is 5.75 Å². The fourth-order valence-electron chi connectivity index (χ4n) is 1.75. The van der Waals surface area contributed by atoms with Crippen LogP contribution < -0.4 is 10.5 Å². The molecular weight excluding hydrogens is 319 g/mol. The van der Waals surface area contributed by atoms with Crippen LogP contribution in [0.4, 0.5) is 0 Å². The highest BCUT2D eigenvalue weighted by Gasteiger charge is 2.20. The van der Waals surface area contributed by atoms with E-state index in [0.717, 1.165) is 5.56 Å². The Hall–Kier alpha value is -1.00. The maximum atomic E-state index is 6.11. The molecule has 20 heavy (non-hydrogen) atoms. The Morgan fingerprint density at radius 3 is 2.45 bits per heavy atom. The molecule has 1 aromatic heterocycles. The van der Waals surface area contributed by atoms with Crippen molar-refractivity contribution in [1.82, 2.24) is 4.98 Å². The standard InChI is InChI=1S/C14H13Cl3N2O/c1-8(18)14(9-3-2-4-19-7-9)20-13-6-11(16)10(15)5-12(13)17/h2-8,14H,18H2,1H3. The lowest BCUT2D eigenvalue weighted by Gasteiger charge is -2.23. The van der Waals surface area contributed by atoms with Crippen LogP contribution in [-0.2, 0) is 0 Å². The van der Waals surface area contributed by atoms with Gasteiger partial charge in [-0.1, -0.05) is 40.9 Å². The number of halogens is 3. The van der Waals surface area contributed by atoms with Gasteiger partial charge in [-0.25, -0.2) is 0 Å². The van der Waals surface area contributed by atoms with Crippen LogP contribution in [0.2, 0.25) is 15.1 Å². The molecule has 0 aliphatic rings. The minimum absolute atomic E-state index is 0.246. The average molecular weight is 332 g/mol. The second kappa shape index (κ2) is 6.64. The molecule has 2 aromatic rings. The minimum Gasteiger partial charge on any atom is -0.482 e. The van der Waals surface area contributed by atoms with Crippen molar-refractivity contribution in [3.63, 3.8) is 0 Å². The molecule has 2 unspecified atom stereocenters. The molecule has 0 radical (unpaired) electrons. The molecule has 2 rings (SSSR count). The highest BCUT2D eigenvalue weighted by Crippen LogP contribution is 2.36. The highest BCUT2D eigenvalue weighted by atomic mass is 35.5. The van der Waals surface area contributed by atoms with E-state index in [9.17, 15) is 0 Å². The molecular formula is C14H13Cl3N2O. The Labute approximate surface area is 132 Å². The molecule has 106 valence electrons. The van der Waals surface area contributed by atoms with Gasteiger partial charge in [-0.2, -0.15) is 0 Å². The number of ether oxygens (including phenoxy) is 1. The first-order valence-corrected chi connectivity index (χ1v) is 7.09. The van der Waals surface area contributed by atoms with Crippen molar-refractivity contribution in [2.45, 2.75) is 19.1 Å². The summed E-state index contributed by atoms with van der Waals surface area (Å²) >= 11 is 18.0. The van der Waals surface area contributed by atoms with Crippen molar-refractivity contribution in [3.05, 3.63) is 57.3 Å². The van der Waals surface area contributed by atoms with Crippen molar-refractivity contribution in [1.29, 1.82) is 0 Å². The van der Waals surface area contributed by atoms with Crippen LogP contribution in [0.15, 0.2) is 36.7 Å². The van der Waals surface area contributed by atoms with Gasteiger partial charge in [0, 0.05) is 30.1 Å². The van der Waals surface area contributed by atoms with Crippen molar-refractivity contribution in [2.24, 2.45) is 5.73 Å². The zero-order valence-electron chi connectivity index (χ0n) is 10.7. The Kier molecular flexibility index (Phi) is 5.11. The number of nitrogens with zero attached hydrogens (tertiary/aromatic N) is 1. The third kappa shape index (κ3) is 3.55. The summed E-state index contributed by atoms with van der Waals surface area (Å²) < 4.78 is 5.89. The van der Waals surface area contributed by atoms with Crippen LogP contribution in [0, 0.1) is 0 Å². The van der Waals surface area contributed by atoms with E-state index in [4.69, 9.17) is 45.3 Å². The van der Waals surface area contributed by atoms with E-state index in [1.54, 1.807) is 24.5 Å². The van der Waals surface area contributed by atoms with Gasteiger partial charge in [0.2, 0.25) is 0 Å². The second-order valence-corrected chi connectivity index (χ2v) is 5.60. The number of hydrogen-bond donors (Lipinski definition) is 1. The number of nitrogens with two attached hydrogens (primary N) is 1. The summed E-state index contributed by atoms with van der Waals surface area (Å²) in [7, 11) is 0. The molecule has 0 amide bonds. The predicted molar refractivity (Wildman–Crippen MR) is 82.7 cm³/mol. The number of aromatic nitrogens is 1. The Balaban J connectivity index is 2.32. The van der Waals surface area contributed by atoms with Gasteiger partial charge >= 0.3 is 0 Å². The van der Waals surface area contributed by atoms with Gasteiger partial charge in [0.05, 0.1) is 15.1 Å². The molecule has 1 heterocycles. The van der Waals surface area contributed by atoms with Gasteiger partial charge < -0.3 is 10.5 Å². The molecule has 1 aromatic carbocycles. The van der Waals surface area contributed by atoms with E-state index in [0.29, 0.717) is 20.8 Å². The van der Waals surface area contributed by atoms with Gasteiger partial charge in [0.25, 0.3) is 0 Å². The third-order valence-corrected chi connectivity index (χ3v) is 3.74. The third-order valence-electron chi connectivity index (χ3n) is 2.72. The maximum absolute atomic E-state index is 6.11. The molecule has 3 nitrogen and oxygen atoms in total. The topological polar surface area (TPSA) is 48.1 Å². The monoisotopic (exact) mass is 330 g/mol. The summed E-state index contributed by atoms with van der Waals surface area (Å²) in [5.74, 6) is 0.437. The van der Waals surface area contributed by atoms with E-state index in [1.807, 2.05) is 19.1 Å². The van der Waals surface area contributed by atoms with Gasteiger partial charge in [-0.3, -0.25) is 4.98 Å². The van der Waals surface area contributed by atoms with Gasteiger partial charge in [0.15, 0.2) is 0 Å². The van der Waals surface area contributed by atoms with Gasteiger partial charge in [-0.05, 0) is 19.1 Å². The Morgan fingerprint density at radius 1 is 1.15 bits per heavy atom. The molecule has 0 aliphatic heterocycles. The van der Waals surface area contributed by atoms with E-state index in [2.05, 4.69) is 4.98 Å². The first kappa shape index (κ1) is 15.4. The van der Waals surface area contributed by atoms with Crippen LogP contribution in [-0.4, -0.2) is 11.0 Å². The fraction of sp³-hybridized carbons (Fsp3) is 0.214. The maximum Gasteiger partial charge on any atom is 0.140 e. The number of pyridine rings is 1. The smallest absolute Gasteiger partial charge is 0.140 e. The van der Waals surface area contributed by atoms with Gasteiger partial charge in [-0.15, -0.1) is 0 Å². The Bertz CT molecular complexity index is 590. The van der Waals surface area contributed by atoms with Crippen molar-refractivity contribution in [3.8, 4) is 5.75 Å². The van der Waals surface area contributed by atoms with E-state index >= 15 is 0 Å². The van der Waals surface area contributed by atoms with E-state index < -0.39 is 0 Å². The lowest BCUT2D eigenvalue weighted by atomic mass is 10.1. The summed E-state index contributed by atoms with van der Waals surface area (Å²) in [4.78, 5) is 4.07. The molecule has 0 spiro atoms. The normalized spacial score (nSPS) is 13.8. The predicted octanol–water partition coefficient (Wildman–Crippen LogP) is 4.51. The molecule has 2 N–H and O–H groups in total. The molecule has 0 saturated heterocycles. The quantitative estimate of drug-likeness (QED) is 0.839. The largest absolute Gasteiger partial charge is 0.482 e. The molecule has 0 fully saturated rings. The number of rotatable bonds is 4. The fourth-order valence-corrected chi connectivity index (χ4v) is 2.34. The zero-order chi connectivity index (χ0) is 14.7. The van der Waals surface area contributed by atoms with Crippen LogP contribution in [0.25, 0.3) is 0 Å². The van der Waals surface area contributed by atoms with E-state index in [-0.39, 0.29) is 12.1 Å². The SMILES string of the molecule is CC(N)C(Oc1cc(Cl)c(Cl)cc1Cl)c1cccnc1. The van der Waals surface area contributed by atoms with E-state index in [1.165, 1.54) is 0 Å². The average Bonchev–Trinajstić information content (AvgIpc) is 2.42. The van der Waals surface area contributed by atoms with Crippen LogP contribution >= 0.6 is 34.8 Å². The molecule has 6 heteroatoms. The van der Waals surface area contributed by atoms with Crippen molar-refractivity contribution in [2.75, 3.05) is 0 Å². The number of hydrogen-bond acceptors (Lipinski definition) is 3. The summed E-state index contributed by atoms with van der Waals surface area (Å²) in [5.41, 5.74) is 6.85. The van der Waals surface area contributed by atoms with Gasteiger partial charge in [0.1, 0.15) is 11.9 Å². The summed E-state index contributed by atoms with van der Waals surface area (Å²) in [5, 5.41) is 1.14. The molecule has 0 saturated carbocycles. The van der Waals surface area contributed by atoms with Crippen molar-refractivity contribution < 1.29 is 4.74 Å². The second-order valence-electron chi connectivity index (χ2n) is 4.38. The highest BCUT2D eigenvalue weighted by molar-refractivity contribution is 6.43. The Morgan fingerprint density at radius 2 is 1.85 bits per heavy atom. The summed E-state index contributed by atoms with van der Waals surface area (Å²) in [6.45, 7) is 1.85. The van der Waals surface area contributed by atoms with Crippen LogP contribution in [0.1, 0.15) is 18.6 Å². The lowest BCUT2D eigenvalue weighted by Crippen LogP contribution is -2.29. The molecule has 0 aliphatic carbocycles. The lowest BCUT2D eigenvalue weighted by molar-refractivity contribution is 0.180.